The molecule has 0 aliphatic carbocycles. The highest BCUT2D eigenvalue weighted by Crippen LogP contribution is 2.14. The Morgan fingerprint density at radius 2 is 2.20 bits per heavy atom. The summed E-state index contributed by atoms with van der Waals surface area (Å²) in [6, 6.07) is 0. The van der Waals surface area contributed by atoms with Crippen LogP contribution in [-0.4, -0.2) is 11.7 Å². The molecule has 0 saturated heterocycles. The SMILES string of the molecule is C=C(C)CC(CO)CCC. The van der Waals surface area contributed by atoms with Crippen molar-refractivity contribution in [3.8, 4) is 0 Å². The van der Waals surface area contributed by atoms with E-state index in [-0.39, 0.29) is 0 Å². The van der Waals surface area contributed by atoms with Gasteiger partial charge in [0, 0.05) is 6.61 Å². The van der Waals surface area contributed by atoms with Gasteiger partial charge in [-0.25, -0.2) is 0 Å². The topological polar surface area (TPSA) is 20.2 Å². The van der Waals surface area contributed by atoms with E-state index in [1.54, 1.807) is 0 Å². The summed E-state index contributed by atoms with van der Waals surface area (Å²) in [7, 11) is 0. The molecule has 0 aliphatic heterocycles. The van der Waals surface area contributed by atoms with Gasteiger partial charge in [0.05, 0.1) is 0 Å². The highest BCUT2D eigenvalue weighted by atomic mass is 16.3. The molecule has 0 aromatic carbocycles. The van der Waals surface area contributed by atoms with Gasteiger partial charge in [-0.1, -0.05) is 18.9 Å². The lowest BCUT2D eigenvalue weighted by Crippen LogP contribution is -2.05. The molecule has 0 spiro atoms. The first-order chi connectivity index (χ1) is 4.70. The van der Waals surface area contributed by atoms with E-state index in [2.05, 4.69) is 13.5 Å². The fourth-order valence-corrected chi connectivity index (χ4v) is 1.16. The zero-order valence-corrected chi connectivity index (χ0v) is 7.06. The highest BCUT2D eigenvalue weighted by molar-refractivity contribution is 4.90. The van der Waals surface area contributed by atoms with Crippen LogP contribution in [0.15, 0.2) is 12.2 Å². The molecule has 0 saturated carbocycles. The zero-order valence-electron chi connectivity index (χ0n) is 7.06. The molecule has 0 radical (unpaired) electrons. The van der Waals surface area contributed by atoms with Crippen LogP contribution in [0.5, 0.6) is 0 Å². The molecule has 0 aromatic heterocycles. The maximum absolute atomic E-state index is 8.86. The molecular weight excluding hydrogens is 124 g/mol. The van der Waals surface area contributed by atoms with Gasteiger partial charge in [0.2, 0.25) is 0 Å². The number of hydrogen-bond acceptors (Lipinski definition) is 1. The second kappa shape index (κ2) is 5.48. The lowest BCUT2D eigenvalue weighted by molar-refractivity contribution is 0.217. The Morgan fingerprint density at radius 1 is 1.60 bits per heavy atom. The molecule has 0 aromatic rings. The van der Waals surface area contributed by atoms with Crippen LogP contribution in [0.1, 0.15) is 33.1 Å². The van der Waals surface area contributed by atoms with Crippen LogP contribution in [-0.2, 0) is 0 Å². The van der Waals surface area contributed by atoms with E-state index in [4.69, 9.17) is 5.11 Å². The van der Waals surface area contributed by atoms with Crippen molar-refractivity contribution in [1.82, 2.24) is 0 Å². The fourth-order valence-electron chi connectivity index (χ4n) is 1.16. The highest BCUT2D eigenvalue weighted by Gasteiger charge is 2.04. The van der Waals surface area contributed by atoms with E-state index < -0.39 is 0 Å². The van der Waals surface area contributed by atoms with Crippen LogP contribution in [0.3, 0.4) is 0 Å². The summed E-state index contributed by atoms with van der Waals surface area (Å²) in [5.41, 5.74) is 1.17. The van der Waals surface area contributed by atoms with E-state index in [1.165, 1.54) is 5.57 Å². The van der Waals surface area contributed by atoms with E-state index in [0.29, 0.717) is 12.5 Å². The van der Waals surface area contributed by atoms with Crippen LogP contribution in [0.4, 0.5) is 0 Å². The Kier molecular flexibility index (Phi) is 5.32. The van der Waals surface area contributed by atoms with Gasteiger partial charge in [0.1, 0.15) is 0 Å². The number of aliphatic hydroxyl groups excluding tert-OH is 1. The number of allylic oxidation sites excluding steroid dienone is 1. The number of hydrogen-bond donors (Lipinski definition) is 1. The van der Waals surface area contributed by atoms with E-state index >= 15 is 0 Å². The van der Waals surface area contributed by atoms with E-state index in [1.807, 2.05) is 6.92 Å². The van der Waals surface area contributed by atoms with Crippen molar-refractivity contribution >= 4 is 0 Å². The summed E-state index contributed by atoms with van der Waals surface area (Å²) in [5.74, 6) is 0.447. The summed E-state index contributed by atoms with van der Waals surface area (Å²) in [6.45, 7) is 8.27. The predicted octanol–water partition coefficient (Wildman–Crippen LogP) is 2.36. The first kappa shape index (κ1) is 9.70. The largest absolute Gasteiger partial charge is 0.396 e. The third kappa shape index (κ3) is 4.57. The molecule has 60 valence electrons. The molecule has 1 heteroatoms. The second-order valence-corrected chi connectivity index (χ2v) is 3.00. The fraction of sp³-hybridized carbons (Fsp3) is 0.778. The second-order valence-electron chi connectivity index (χ2n) is 3.00. The standard InChI is InChI=1S/C9H18O/c1-4-5-9(7-10)6-8(2)3/h9-10H,2,4-7H2,1,3H3. The van der Waals surface area contributed by atoms with Crippen LogP contribution in [0.25, 0.3) is 0 Å². The van der Waals surface area contributed by atoms with Gasteiger partial charge < -0.3 is 5.11 Å². The molecule has 0 rings (SSSR count). The number of aliphatic hydroxyl groups is 1. The lowest BCUT2D eigenvalue weighted by Gasteiger charge is -2.11. The molecule has 0 fully saturated rings. The summed E-state index contributed by atoms with van der Waals surface area (Å²) in [4.78, 5) is 0. The minimum atomic E-state index is 0.306. The Labute approximate surface area is 63.8 Å². The van der Waals surface area contributed by atoms with Gasteiger partial charge in [-0.15, -0.1) is 6.58 Å². The molecule has 1 unspecified atom stereocenters. The van der Waals surface area contributed by atoms with Crippen LogP contribution < -0.4 is 0 Å². The Hall–Kier alpha value is -0.300. The Balaban J connectivity index is 3.49. The van der Waals surface area contributed by atoms with Crippen molar-refractivity contribution in [2.24, 2.45) is 5.92 Å². The van der Waals surface area contributed by atoms with Crippen molar-refractivity contribution in [2.45, 2.75) is 33.1 Å². The summed E-state index contributed by atoms with van der Waals surface area (Å²) in [6.07, 6.45) is 3.24. The summed E-state index contributed by atoms with van der Waals surface area (Å²) in [5, 5.41) is 8.86. The average molecular weight is 142 g/mol. The molecule has 0 amide bonds. The first-order valence-electron chi connectivity index (χ1n) is 3.96. The number of rotatable bonds is 5. The van der Waals surface area contributed by atoms with Crippen molar-refractivity contribution in [2.75, 3.05) is 6.61 Å². The maximum Gasteiger partial charge on any atom is 0.0462 e. The van der Waals surface area contributed by atoms with Crippen LogP contribution in [0, 0.1) is 5.92 Å². The van der Waals surface area contributed by atoms with Gasteiger partial charge in [-0.3, -0.25) is 0 Å². The van der Waals surface area contributed by atoms with Gasteiger partial charge in [0.25, 0.3) is 0 Å². The minimum absolute atomic E-state index is 0.306. The van der Waals surface area contributed by atoms with E-state index in [9.17, 15) is 0 Å². The Bertz CT molecular complexity index is 96.9. The monoisotopic (exact) mass is 142 g/mol. The third-order valence-electron chi connectivity index (χ3n) is 1.59. The normalized spacial score (nSPS) is 13.1. The third-order valence-corrected chi connectivity index (χ3v) is 1.59. The van der Waals surface area contributed by atoms with E-state index in [0.717, 1.165) is 19.3 Å². The summed E-state index contributed by atoms with van der Waals surface area (Å²) >= 11 is 0. The molecule has 1 N–H and O–H groups in total. The Morgan fingerprint density at radius 3 is 2.50 bits per heavy atom. The molecule has 0 heterocycles. The molecule has 0 bridgehead atoms. The van der Waals surface area contributed by atoms with Gasteiger partial charge in [-0.2, -0.15) is 0 Å². The maximum atomic E-state index is 8.86. The van der Waals surface area contributed by atoms with Crippen LogP contribution in [0.2, 0.25) is 0 Å². The van der Waals surface area contributed by atoms with Gasteiger partial charge in [0.15, 0.2) is 0 Å². The molecule has 1 atom stereocenters. The summed E-state index contributed by atoms with van der Waals surface area (Å²) < 4.78 is 0. The molecule has 10 heavy (non-hydrogen) atoms. The molecule has 1 nitrogen and oxygen atoms in total. The van der Waals surface area contributed by atoms with Crippen molar-refractivity contribution in [3.63, 3.8) is 0 Å². The van der Waals surface area contributed by atoms with Gasteiger partial charge >= 0.3 is 0 Å². The van der Waals surface area contributed by atoms with Crippen molar-refractivity contribution in [3.05, 3.63) is 12.2 Å². The van der Waals surface area contributed by atoms with Crippen molar-refractivity contribution in [1.29, 1.82) is 0 Å². The minimum Gasteiger partial charge on any atom is -0.396 e. The quantitative estimate of drug-likeness (QED) is 0.584. The lowest BCUT2D eigenvalue weighted by atomic mass is 9.97. The van der Waals surface area contributed by atoms with Crippen LogP contribution >= 0.6 is 0 Å². The molecule has 0 aliphatic rings. The van der Waals surface area contributed by atoms with Gasteiger partial charge in [-0.05, 0) is 25.7 Å². The molecular formula is C9H18O. The first-order valence-corrected chi connectivity index (χ1v) is 3.96. The smallest absolute Gasteiger partial charge is 0.0462 e. The van der Waals surface area contributed by atoms with Crippen molar-refractivity contribution < 1.29 is 5.11 Å². The predicted molar refractivity (Wildman–Crippen MR) is 44.9 cm³/mol. The average Bonchev–Trinajstić information content (AvgIpc) is 1.86. The zero-order chi connectivity index (χ0) is 7.98.